The SMILES string of the molecule is O=C(OCC(=O)N1CCN(S(=O)(=O)c2ccccc2)CC1)c1c2c(nc3ccccc13)/C(=C/c1ccc([N+](=O)[O-])cc1)CCC2. The summed E-state index contributed by atoms with van der Waals surface area (Å²) in [5.74, 6) is -1.02. The lowest BCUT2D eigenvalue weighted by Gasteiger charge is -2.33. The number of para-hydroxylation sites is 1. The predicted molar refractivity (Wildman–Crippen MR) is 168 cm³/mol. The summed E-state index contributed by atoms with van der Waals surface area (Å²) in [6.07, 6.45) is 4.01. The molecule has 2 aliphatic rings. The van der Waals surface area contributed by atoms with E-state index < -0.39 is 33.4 Å². The maximum Gasteiger partial charge on any atom is 0.339 e. The third-order valence-electron chi connectivity index (χ3n) is 8.12. The van der Waals surface area contributed by atoms with Crippen molar-refractivity contribution in [2.75, 3.05) is 32.8 Å². The summed E-state index contributed by atoms with van der Waals surface area (Å²) in [7, 11) is -3.66. The van der Waals surface area contributed by atoms with Crippen LogP contribution in [0.25, 0.3) is 22.6 Å². The number of non-ortho nitro benzene ring substituents is 1. The summed E-state index contributed by atoms with van der Waals surface area (Å²) >= 11 is 0. The largest absolute Gasteiger partial charge is 0.452 e. The minimum Gasteiger partial charge on any atom is -0.452 e. The average molecular weight is 627 g/mol. The molecule has 0 bridgehead atoms. The highest BCUT2D eigenvalue weighted by molar-refractivity contribution is 7.89. The standard InChI is InChI=1S/C33H30N4O7S/c38-30(35-17-19-36(20-18-35)45(42,43)26-8-2-1-3-9-26)22-44-33(39)31-27-10-4-5-12-29(27)34-32-24(7-6-11-28(31)32)21-23-13-15-25(16-14-23)37(40)41/h1-5,8-10,12-16,21H,6-7,11,17-20,22H2/b24-21+. The number of piperazine rings is 1. The molecule has 6 rings (SSSR count). The van der Waals surface area contributed by atoms with Crippen LogP contribution in [-0.2, 0) is 26.0 Å². The van der Waals surface area contributed by atoms with E-state index in [-0.39, 0.29) is 36.8 Å². The molecule has 1 aromatic heterocycles. The summed E-state index contributed by atoms with van der Waals surface area (Å²) < 4.78 is 32.8. The number of rotatable bonds is 7. The van der Waals surface area contributed by atoms with Crippen LogP contribution in [0.4, 0.5) is 5.69 Å². The van der Waals surface area contributed by atoms with E-state index in [1.165, 1.54) is 21.3 Å². The fraction of sp³-hybridized carbons (Fsp3) is 0.242. The third-order valence-corrected chi connectivity index (χ3v) is 10.0. The molecule has 1 aliphatic heterocycles. The predicted octanol–water partition coefficient (Wildman–Crippen LogP) is 4.71. The van der Waals surface area contributed by atoms with Gasteiger partial charge < -0.3 is 9.64 Å². The lowest BCUT2D eigenvalue weighted by molar-refractivity contribution is -0.384. The Balaban J connectivity index is 1.19. The number of esters is 1. The molecule has 1 aliphatic carbocycles. The second-order valence-corrected chi connectivity index (χ2v) is 12.8. The van der Waals surface area contributed by atoms with E-state index in [0.717, 1.165) is 23.1 Å². The van der Waals surface area contributed by atoms with Gasteiger partial charge in [0.25, 0.3) is 11.6 Å². The normalized spacial score (nSPS) is 16.4. The summed E-state index contributed by atoms with van der Waals surface area (Å²) in [4.78, 5) is 43.9. The summed E-state index contributed by atoms with van der Waals surface area (Å²) in [6, 6.07) is 21.7. The molecule has 1 saturated heterocycles. The Bertz CT molecular complexity index is 1920. The number of carbonyl (C=O) groups is 2. The van der Waals surface area contributed by atoms with Crippen molar-refractivity contribution in [3.05, 3.63) is 111 Å². The van der Waals surface area contributed by atoms with E-state index in [1.54, 1.807) is 42.5 Å². The zero-order valence-electron chi connectivity index (χ0n) is 24.3. The number of hydrogen-bond acceptors (Lipinski definition) is 8. The van der Waals surface area contributed by atoms with Gasteiger partial charge in [0.15, 0.2) is 6.61 Å². The number of sulfonamides is 1. The van der Waals surface area contributed by atoms with Crippen LogP contribution < -0.4 is 0 Å². The van der Waals surface area contributed by atoms with Gasteiger partial charge in [0.05, 0.1) is 26.6 Å². The number of aromatic nitrogens is 1. The number of amides is 1. The van der Waals surface area contributed by atoms with Crippen LogP contribution in [0, 0.1) is 10.1 Å². The number of carbonyl (C=O) groups excluding carboxylic acids is 2. The number of nitro benzene ring substituents is 1. The number of nitrogens with zero attached hydrogens (tertiary/aromatic N) is 4. The Morgan fingerprint density at radius 2 is 1.60 bits per heavy atom. The van der Waals surface area contributed by atoms with E-state index in [0.29, 0.717) is 35.0 Å². The maximum absolute atomic E-state index is 13.6. The van der Waals surface area contributed by atoms with Gasteiger partial charge in [-0.1, -0.05) is 36.4 Å². The molecule has 0 N–H and O–H groups in total. The molecule has 1 amide bonds. The number of ether oxygens (including phenoxy) is 1. The van der Waals surface area contributed by atoms with Crippen molar-refractivity contribution in [2.24, 2.45) is 0 Å². The quantitative estimate of drug-likeness (QED) is 0.163. The van der Waals surface area contributed by atoms with Crippen LogP contribution >= 0.6 is 0 Å². The van der Waals surface area contributed by atoms with Crippen LogP contribution in [0.2, 0.25) is 0 Å². The van der Waals surface area contributed by atoms with Gasteiger partial charge in [-0.3, -0.25) is 14.9 Å². The van der Waals surface area contributed by atoms with Gasteiger partial charge in [-0.2, -0.15) is 4.31 Å². The molecular formula is C33H30N4O7S. The first-order valence-electron chi connectivity index (χ1n) is 14.6. The molecule has 1 fully saturated rings. The van der Waals surface area contributed by atoms with Crippen molar-refractivity contribution in [1.29, 1.82) is 0 Å². The summed E-state index contributed by atoms with van der Waals surface area (Å²) in [5.41, 5.74) is 4.09. The van der Waals surface area contributed by atoms with Crippen LogP contribution in [0.3, 0.4) is 0 Å². The average Bonchev–Trinajstić information content (AvgIpc) is 3.07. The van der Waals surface area contributed by atoms with E-state index in [2.05, 4.69) is 0 Å². The van der Waals surface area contributed by atoms with E-state index >= 15 is 0 Å². The Kier molecular flexibility index (Phi) is 8.42. The zero-order valence-corrected chi connectivity index (χ0v) is 25.1. The fourth-order valence-electron chi connectivity index (χ4n) is 5.81. The van der Waals surface area contributed by atoms with Gasteiger partial charge in [-0.05, 0) is 72.4 Å². The monoisotopic (exact) mass is 626 g/mol. The first kappa shape index (κ1) is 30.1. The molecule has 230 valence electrons. The van der Waals surface area contributed by atoms with Gasteiger partial charge >= 0.3 is 5.97 Å². The molecule has 0 saturated carbocycles. The van der Waals surface area contributed by atoms with E-state index in [9.17, 15) is 28.1 Å². The molecule has 3 aromatic carbocycles. The lowest BCUT2D eigenvalue weighted by atomic mass is 9.86. The molecule has 45 heavy (non-hydrogen) atoms. The summed E-state index contributed by atoms with van der Waals surface area (Å²) in [6.45, 7) is 0.188. The number of pyridine rings is 1. The minimum absolute atomic E-state index is 0.00369. The van der Waals surface area contributed by atoms with E-state index in [1.807, 2.05) is 30.3 Å². The van der Waals surface area contributed by atoms with Crippen molar-refractivity contribution in [1.82, 2.24) is 14.2 Å². The van der Waals surface area contributed by atoms with E-state index in [4.69, 9.17) is 9.72 Å². The highest BCUT2D eigenvalue weighted by Crippen LogP contribution is 2.36. The molecule has 11 nitrogen and oxygen atoms in total. The Hall–Kier alpha value is -4.94. The first-order valence-corrected chi connectivity index (χ1v) is 16.0. The lowest BCUT2D eigenvalue weighted by Crippen LogP contribution is -2.51. The van der Waals surface area contributed by atoms with Crippen molar-refractivity contribution < 1.29 is 27.7 Å². The number of hydrogen-bond donors (Lipinski definition) is 0. The van der Waals surface area contributed by atoms with Crippen molar-refractivity contribution in [2.45, 2.75) is 24.2 Å². The van der Waals surface area contributed by atoms with Gasteiger partial charge in [0.1, 0.15) is 0 Å². The van der Waals surface area contributed by atoms with Crippen LogP contribution in [-0.4, -0.2) is 72.2 Å². The molecule has 12 heteroatoms. The highest BCUT2D eigenvalue weighted by Gasteiger charge is 2.31. The minimum atomic E-state index is -3.66. The third kappa shape index (κ3) is 6.19. The highest BCUT2D eigenvalue weighted by atomic mass is 32.2. The molecular weight excluding hydrogens is 596 g/mol. The molecule has 4 aromatic rings. The molecule has 0 radical (unpaired) electrons. The second-order valence-electron chi connectivity index (χ2n) is 10.9. The number of allylic oxidation sites excluding steroid dienone is 1. The second kappa shape index (κ2) is 12.6. The molecule has 0 spiro atoms. The topological polar surface area (TPSA) is 140 Å². The summed E-state index contributed by atoms with van der Waals surface area (Å²) in [5, 5.41) is 11.7. The molecule has 2 heterocycles. The number of nitro groups is 1. The van der Waals surface area contributed by atoms with Gasteiger partial charge in [-0.25, -0.2) is 18.2 Å². The van der Waals surface area contributed by atoms with Crippen molar-refractivity contribution in [3.8, 4) is 0 Å². The van der Waals surface area contributed by atoms with Crippen LogP contribution in [0.5, 0.6) is 0 Å². The molecule has 0 atom stereocenters. The van der Waals surface area contributed by atoms with Gasteiger partial charge in [0, 0.05) is 43.7 Å². The zero-order chi connectivity index (χ0) is 31.6. The molecule has 0 unspecified atom stereocenters. The Morgan fingerprint density at radius 1 is 0.911 bits per heavy atom. The van der Waals surface area contributed by atoms with Crippen molar-refractivity contribution in [3.63, 3.8) is 0 Å². The Morgan fingerprint density at radius 3 is 2.31 bits per heavy atom. The number of benzene rings is 3. The fourth-order valence-corrected chi connectivity index (χ4v) is 7.25. The van der Waals surface area contributed by atoms with Gasteiger partial charge in [-0.15, -0.1) is 0 Å². The first-order chi connectivity index (χ1) is 21.7. The number of fused-ring (bicyclic) bond motifs is 2. The van der Waals surface area contributed by atoms with Gasteiger partial charge in [0.2, 0.25) is 10.0 Å². The van der Waals surface area contributed by atoms with Crippen LogP contribution in [0.1, 0.15) is 40.0 Å². The van der Waals surface area contributed by atoms with Crippen molar-refractivity contribution >= 4 is 50.1 Å². The Labute approximate surface area is 259 Å². The smallest absolute Gasteiger partial charge is 0.339 e. The van der Waals surface area contributed by atoms with Crippen LogP contribution in [0.15, 0.2) is 83.8 Å². The maximum atomic E-state index is 13.6.